The summed E-state index contributed by atoms with van der Waals surface area (Å²) in [5.41, 5.74) is 6.55. The number of ether oxygens (including phenoxy) is 2. The molecule has 220 valence electrons. The van der Waals surface area contributed by atoms with Crippen LogP contribution in [-0.4, -0.2) is 83.1 Å². The van der Waals surface area contributed by atoms with Gasteiger partial charge in [0.1, 0.15) is 16.7 Å². The smallest absolute Gasteiger partial charge is 0.227 e. The van der Waals surface area contributed by atoms with E-state index in [1.54, 1.807) is 31.8 Å². The van der Waals surface area contributed by atoms with E-state index in [0.717, 1.165) is 67.8 Å². The molecule has 3 saturated heterocycles. The summed E-state index contributed by atoms with van der Waals surface area (Å²) >= 11 is 8.20. The average Bonchev–Trinajstić information content (AvgIpc) is 3.58. The van der Waals surface area contributed by atoms with Gasteiger partial charge in [-0.1, -0.05) is 23.4 Å². The number of nitrogens with two attached hydrogens (primary N) is 1. The lowest BCUT2D eigenvalue weighted by Crippen LogP contribution is -2.50. The van der Waals surface area contributed by atoms with Gasteiger partial charge in [0.25, 0.3) is 0 Å². The summed E-state index contributed by atoms with van der Waals surface area (Å²) in [5, 5.41) is 4.48. The highest BCUT2D eigenvalue weighted by Gasteiger charge is 2.47. The van der Waals surface area contributed by atoms with E-state index in [4.69, 9.17) is 31.8 Å². The van der Waals surface area contributed by atoms with Crippen molar-refractivity contribution in [2.45, 2.75) is 54.4 Å². The molecule has 3 atom stereocenters. The summed E-state index contributed by atoms with van der Waals surface area (Å²) < 4.78 is 11.3. The Kier molecular flexibility index (Phi) is 9.37. The number of piperidine rings is 1. The first kappa shape index (κ1) is 30.0. The number of methoxy groups -OCH3 is 1. The predicted octanol–water partition coefficient (Wildman–Crippen LogP) is 4.19. The predicted molar refractivity (Wildman–Crippen MR) is 163 cm³/mol. The van der Waals surface area contributed by atoms with E-state index in [1.165, 1.54) is 11.8 Å². The highest BCUT2D eigenvalue weighted by atomic mass is 35.5. The van der Waals surface area contributed by atoms with Crippen LogP contribution in [0.2, 0.25) is 5.02 Å². The van der Waals surface area contributed by atoms with E-state index >= 15 is 0 Å². The first-order valence-corrected chi connectivity index (χ1v) is 14.8. The first-order valence-electron chi connectivity index (χ1n) is 13.6. The molecule has 3 N–H and O–H groups in total. The molecular weight excluding hydrogens is 585 g/mol. The van der Waals surface area contributed by atoms with Crippen LogP contribution in [-0.2, 0) is 9.47 Å². The van der Waals surface area contributed by atoms with Crippen molar-refractivity contribution < 1.29 is 9.47 Å². The average molecular weight is 621 g/mol. The van der Waals surface area contributed by atoms with Gasteiger partial charge in [-0.2, -0.15) is 4.98 Å². The number of pyridine rings is 1. The third-order valence-corrected chi connectivity index (χ3v) is 9.74. The third kappa shape index (κ3) is 6.32. The number of anilines is 4. The largest absolute Gasteiger partial charge is 0.380 e. The molecular formula is C27H35Cl2N9O2S. The Morgan fingerprint density at radius 2 is 1.90 bits per heavy atom. The minimum Gasteiger partial charge on any atom is -0.380 e. The molecule has 0 aromatic carbocycles. The Morgan fingerprint density at radius 1 is 1.10 bits per heavy atom. The number of aromatic nitrogens is 5. The van der Waals surface area contributed by atoms with Gasteiger partial charge >= 0.3 is 0 Å². The van der Waals surface area contributed by atoms with Gasteiger partial charge in [0.15, 0.2) is 5.82 Å². The number of nitrogens with one attached hydrogen (secondary N) is 1. The van der Waals surface area contributed by atoms with E-state index in [2.05, 4.69) is 42.0 Å². The van der Waals surface area contributed by atoms with Crippen molar-refractivity contribution in [2.75, 3.05) is 55.0 Å². The second kappa shape index (κ2) is 12.8. The molecule has 6 rings (SSSR count). The van der Waals surface area contributed by atoms with Crippen molar-refractivity contribution in [3.63, 3.8) is 0 Å². The second-order valence-electron chi connectivity index (χ2n) is 10.6. The maximum atomic E-state index is 6.75. The van der Waals surface area contributed by atoms with Crippen molar-refractivity contribution >= 4 is 59.2 Å². The molecule has 0 radical (unpaired) electrons. The van der Waals surface area contributed by atoms with Gasteiger partial charge in [0, 0.05) is 62.0 Å². The van der Waals surface area contributed by atoms with Gasteiger partial charge in [-0.05, 0) is 38.3 Å². The topological polar surface area (TPSA) is 127 Å². The standard InChI is InChI=1S/C27H34ClN9O2S.ClH/c1-17-24(29)27(16-39-17)6-11-36(12-7-27)21-13-33-22(14-32-21)40-19-3-8-30-25(23(19)28)34-20-4-9-31-26(35-20)37-10-5-18(15-37)38-2;/h3-4,8-9,13-14,17-18,24H,5-7,10-12,15-16,29H2,1-2H3,(H,30,31,34,35);1H/t17-,18+,24+;/m0./s1. The Balaban J connectivity index is 0.00000337. The van der Waals surface area contributed by atoms with E-state index < -0.39 is 0 Å². The van der Waals surface area contributed by atoms with Gasteiger partial charge in [-0.3, -0.25) is 0 Å². The van der Waals surface area contributed by atoms with Gasteiger partial charge in [0.2, 0.25) is 5.95 Å². The SMILES string of the molecule is CO[C@@H]1CCN(c2nccc(Nc3nccc(Sc4cnc(N5CCC6(CC5)CO[C@@H](C)[C@H]6N)cn4)c3Cl)n2)C1.Cl. The van der Waals surface area contributed by atoms with Crippen LogP contribution in [0.25, 0.3) is 0 Å². The van der Waals surface area contributed by atoms with Crippen LogP contribution in [0.4, 0.5) is 23.4 Å². The zero-order valence-electron chi connectivity index (χ0n) is 23.1. The summed E-state index contributed by atoms with van der Waals surface area (Å²) in [6.07, 6.45) is 10.3. The van der Waals surface area contributed by atoms with Gasteiger partial charge < -0.3 is 30.3 Å². The fourth-order valence-electron chi connectivity index (χ4n) is 5.68. The number of halogens is 2. The maximum Gasteiger partial charge on any atom is 0.227 e. The van der Waals surface area contributed by atoms with Gasteiger partial charge in [-0.15, -0.1) is 12.4 Å². The molecule has 3 aromatic heterocycles. The van der Waals surface area contributed by atoms with Crippen LogP contribution in [0, 0.1) is 5.41 Å². The molecule has 14 heteroatoms. The zero-order valence-corrected chi connectivity index (χ0v) is 25.5. The van der Waals surface area contributed by atoms with Crippen LogP contribution >= 0.6 is 35.8 Å². The van der Waals surface area contributed by atoms with Crippen LogP contribution in [0.1, 0.15) is 26.2 Å². The van der Waals surface area contributed by atoms with Crippen LogP contribution in [0.3, 0.4) is 0 Å². The fourth-order valence-corrected chi connectivity index (χ4v) is 6.70. The Morgan fingerprint density at radius 3 is 2.59 bits per heavy atom. The van der Waals surface area contributed by atoms with Crippen LogP contribution in [0.5, 0.6) is 0 Å². The molecule has 0 bridgehead atoms. The summed E-state index contributed by atoms with van der Waals surface area (Å²) in [5.74, 6) is 2.66. The Bertz CT molecular complexity index is 1330. The van der Waals surface area contributed by atoms with E-state index in [0.29, 0.717) is 22.6 Å². The Labute approximate surface area is 255 Å². The number of nitrogens with zero attached hydrogens (tertiary/aromatic N) is 7. The van der Waals surface area contributed by atoms with Crippen molar-refractivity contribution in [3.05, 3.63) is 41.9 Å². The summed E-state index contributed by atoms with van der Waals surface area (Å²) in [6.45, 7) is 6.23. The molecule has 3 fully saturated rings. The van der Waals surface area contributed by atoms with Crippen LogP contribution in [0.15, 0.2) is 46.8 Å². The minimum atomic E-state index is 0. The lowest BCUT2D eigenvalue weighted by molar-refractivity contribution is 0.0974. The highest BCUT2D eigenvalue weighted by molar-refractivity contribution is 7.99. The van der Waals surface area contributed by atoms with Gasteiger partial charge in [0.05, 0.1) is 36.2 Å². The zero-order chi connectivity index (χ0) is 27.7. The number of hydrogen-bond acceptors (Lipinski definition) is 12. The summed E-state index contributed by atoms with van der Waals surface area (Å²) in [7, 11) is 1.73. The molecule has 11 nitrogen and oxygen atoms in total. The summed E-state index contributed by atoms with van der Waals surface area (Å²) in [4.78, 5) is 28.1. The van der Waals surface area contributed by atoms with Crippen LogP contribution < -0.4 is 20.9 Å². The molecule has 3 aliphatic rings. The number of hydrogen-bond donors (Lipinski definition) is 2. The van der Waals surface area contributed by atoms with Crippen molar-refractivity contribution in [1.82, 2.24) is 24.9 Å². The number of rotatable bonds is 7. The monoisotopic (exact) mass is 619 g/mol. The normalized spacial score (nSPS) is 23.6. The third-order valence-electron chi connectivity index (χ3n) is 8.26. The molecule has 1 spiro atoms. The van der Waals surface area contributed by atoms with E-state index in [9.17, 15) is 0 Å². The van der Waals surface area contributed by atoms with E-state index in [1.807, 2.05) is 12.3 Å². The van der Waals surface area contributed by atoms with E-state index in [-0.39, 0.29) is 36.1 Å². The lowest BCUT2D eigenvalue weighted by atomic mass is 9.73. The maximum absolute atomic E-state index is 6.75. The molecule has 6 heterocycles. The van der Waals surface area contributed by atoms with Crippen molar-refractivity contribution in [2.24, 2.45) is 11.1 Å². The molecule has 0 aliphatic carbocycles. The molecule has 41 heavy (non-hydrogen) atoms. The molecule has 0 amide bonds. The first-order chi connectivity index (χ1) is 19.4. The molecule has 0 unspecified atom stereocenters. The molecule has 3 aliphatic heterocycles. The van der Waals surface area contributed by atoms with Crippen molar-refractivity contribution in [1.29, 1.82) is 0 Å². The Hall–Kier alpha value is -2.48. The lowest BCUT2D eigenvalue weighted by Gasteiger charge is -2.41. The molecule has 0 saturated carbocycles. The van der Waals surface area contributed by atoms with Crippen molar-refractivity contribution in [3.8, 4) is 0 Å². The minimum absolute atomic E-state index is 0. The fraction of sp³-hybridized carbons (Fsp3) is 0.519. The quantitative estimate of drug-likeness (QED) is 0.393. The highest BCUT2D eigenvalue weighted by Crippen LogP contribution is 2.42. The summed E-state index contributed by atoms with van der Waals surface area (Å²) in [6, 6.07) is 3.76. The second-order valence-corrected chi connectivity index (χ2v) is 12.1. The van der Waals surface area contributed by atoms with Gasteiger partial charge in [-0.25, -0.2) is 19.9 Å². The molecule has 3 aromatic rings.